The van der Waals surface area contributed by atoms with Gasteiger partial charge in [-0.15, -0.1) is 0 Å². The summed E-state index contributed by atoms with van der Waals surface area (Å²) in [4.78, 5) is 39.2. The molecule has 2 N–H and O–H groups in total. The van der Waals surface area contributed by atoms with Crippen molar-refractivity contribution in [2.24, 2.45) is 0 Å². The van der Waals surface area contributed by atoms with Gasteiger partial charge in [0.05, 0.1) is 47.2 Å². The molecule has 0 spiro atoms. The van der Waals surface area contributed by atoms with E-state index in [1.807, 2.05) is 4.57 Å². The lowest BCUT2D eigenvalue weighted by molar-refractivity contribution is -0.172. The largest absolute Gasteiger partial charge is 0.458 e. The predicted molar refractivity (Wildman–Crippen MR) is 111 cm³/mol. The van der Waals surface area contributed by atoms with Crippen LogP contribution >= 0.6 is 0 Å². The summed E-state index contributed by atoms with van der Waals surface area (Å²) in [6.45, 7) is 1.23. The Morgan fingerprint density at radius 3 is 2.75 bits per heavy atom. The van der Waals surface area contributed by atoms with E-state index in [0.29, 0.717) is 23.2 Å². The molecule has 0 saturated heterocycles. The van der Waals surface area contributed by atoms with Gasteiger partial charge in [-0.2, -0.15) is 0 Å². The van der Waals surface area contributed by atoms with Gasteiger partial charge in [0.25, 0.3) is 5.56 Å². The van der Waals surface area contributed by atoms with Crippen LogP contribution in [-0.4, -0.2) is 31.9 Å². The Bertz CT molecular complexity index is 1500. The number of halogens is 1. The fraction of sp³-hybridized carbons (Fsp3) is 0.348. The number of cyclic esters (lactones) is 1. The maximum Gasteiger partial charge on any atom is 0.343 e. The van der Waals surface area contributed by atoms with Gasteiger partial charge < -0.3 is 24.1 Å². The molecule has 5 heterocycles. The highest BCUT2D eigenvalue weighted by atomic mass is 19.1. The molecule has 3 aliphatic heterocycles. The molecule has 0 fully saturated rings. The number of pyridine rings is 2. The van der Waals surface area contributed by atoms with E-state index in [4.69, 9.17) is 4.74 Å². The Balaban J connectivity index is 1.73. The van der Waals surface area contributed by atoms with Gasteiger partial charge in [-0.05, 0) is 36.6 Å². The van der Waals surface area contributed by atoms with Crippen molar-refractivity contribution in [2.45, 2.75) is 44.6 Å². The summed E-state index contributed by atoms with van der Waals surface area (Å²) < 4.78 is 22.6. The van der Waals surface area contributed by atoms with Crippen LogP contribution in [0.5, 0.6) is 0 Å². The minimum atomic E-state index is -1.98. The number of esters is 1. The van der Waals surface area contributed by atoms with E-state index in [0.717, 1.165) is 0 Å². The SMILES string of the molecule is CC[C@@]1(O)C(=O)OCc2c1cc1n(c2=O)Cc2c-1c(=O)c1cc(F)cc3c1n2C(CO)C3. The van der Waals surface area contributed by atoms with E-state index in [-0.39, 0.29) is 60.0 Å². The summed E-state index contributed by atoms with van der Waals surface area (Å²) in [5.41, 5.74) is -0.273. The molecule has 1 unspecified atom stereocenters. The zero-order valence-electron chi connectivity index (χ0n) is 17.1. The van der Waals surface area contributed by atoms with E-state index in [2.05, 4.69) is 0 Å². The van der Waals surface area contributed by atoms with Crippen LogP contribution in [0.25, 0.3) is 22.2 Å². The molecular formula is C23H19FN2O6. The molecule has 3 aliphatic rings. The number of hydrogen-bond acceptors (Lipinski definition) is 6. The second kappa shape index (κ2) is 6.14. The van der Waals surface area contributed by atoms with Gasteiger partial charge in [0, 0.05) is 10.9 Å². The number of benzene rings is 1. The summed E-state index contributed by atoms with van der Waals surface area (Å²) in [6, 6.07) is 3.67. The monoisotopic (exact) mass is 438 g/mol. The molecule has 1 aromatic carbocycles. The van der Waals surface area contributed by atoms with Gasteiger partial charge in [0.2, 0.25) is 0 Å². The predicted octanol–water partition coefficient (Wildman–Crippen LogP) is 1.07. The molecule has 8 nitrogen and oxygen atoms in total. The van der Waals surface area contributed by atoms with Crippen LogP contribution in [0.2, 0.25) is 0 Å². The highest BCUT2D eigenvalue weighted by Crippen LogP contribution is 2.41. The zero-order valence-corrected chi connectivity index (χ0v) is 17.1. The topological polar surface area (TPSA) is 111 Å². The van der Waals surface area contributed by atoms with Crippen molar-refractivity contribution in [1.29, 1.82) is 0 Å². The van der Waals surface area contributed by atoms with Crippen LogP contribution in [0.15, 0.2) is 27.8 Å². The smallest absolute Gasteiger partial charge is 0.343 e. The van der Waals surface area contributed by atoms with E-state index in [9.17, 15) is 29.0 Å². The first kappa shape index (κ1) is 19.4. The maximum absolute atomic E-state index is 14.3. The first-order valence-corrected chi connectivity index (χ1v) is 10.5. The van der Waals surface area contributed by atoms with Crippen LogP contribution in [0.3, 0.4) is 0 Å². The third-order valence-corrected chi connectivity index (χ3v) is 7.08. The van der Waals surface area contributed by atoms with Crippen molar-refractivity contribution in [2.75, 3.05) is 6.61 Å². The normalized spacial score (nSPS) is 22.6. The number of nitrogens with zero attached hydrogens (tertiary/aromatic N) is 2. The number of aliphatic hydroxyl groups excluding tert-OH is 1. The lowest BCUT2D eigenvalue weighted by Crippen LogP contribution is -2.44. The number of hydrogen-bond donors (Lipinski definition) is 2. The average molecular weight is 438 g/mol. The van der Waals surface area contributed by atoms with E-state index in [1.54, 1.807) is 6.92 Å². The average Bonchev–Trinajstić information content (AvgIpc) is 3.33. The summed E-state index contributed by atoms with van der Waals surface area (Å²) in [6.07, 6.45) is 0.373. The third kappa shape index (κ3) is 2.14. The second-order valence-electron chi connectivity index (χ2n) is 8.63. The minimum absolute atomic E-state index is 0.00229. The molecular weight excluding hydrogens is 419 g/mol. The van der Waals surface area contributed by atoms with Crippen LogP contribution in [-0.2, 0) is 34.7 Å². The van der Waals surface area contributed by atoms with Crippen molar-refractivity contribution >= 4 is 16.9 Å². The van der Waals surface area contributed by atoms with Crippen molar-refractivity contribution in [1.82, 2.24) is 9.13 Å². The summed E-state index contributed by atoms with van der Waals surface area (Å²) >= 11 is 0. The van der Waals surface area contributed by atoms with Crippen molar-refractivity contribution in [3.63, 3.8) is 0 Å². The summed E-state index contributed by atoms with van der Waals surface area (Å²) in [5, 5.41) is 21.1. The molecule has 2 atom stereocenters. The van der Waals surface area contributed by atoms with E-state index < -0.39 is 28.4 Å². The van der Waals surface area contributed by atoms with Crippen LogP contribution in [0, 0.1) is 5.82 Å². The fourth-order valence-corrected chi connectivity index (χ4v) is 5.52. The first-order valence-electron chi connectivity index (χ1n) is 10.5. The van der Waals surface area contributed by atoms with Gasteiger partial charge >= 0.3 is 5.97 Å². The standard InChI is InChI=1S/C23H19FN2O6/c1-2-23(31)15-6-16-18-17(7-25(16)21(29)14(15)9-32-22(23)30)26-12(8-27)4-10-3-11(24)5-13(19(10)26)20(18)28/h3,5-6,12,27,31H,2,4,7-9H2,1H3/t12?,23-/m0/s1. The molecule has 0 saturated carbocycles. The highest BCUT2D eigenvalue weighted by Gasteiger charge is 2.46. The minimum Gasteiger partial charge on any atom is -0.458 e. The first-order chi connectivity index (χ1) is 15.3. The Kier molecular flexibility index (Phi) is 3.72. The number of carbonyl (C=O) groups excluding carboxylic acids is 1. The third-order valence-electron chi connectivity index (χ3n) is 7.08. The summed E-state index contributed by atoms with van der Waals surface area (Å²) in [7, 11) is 0. The van der Waals surface area contributed by atoms with Crippen LogP contribution < -0.4 is 11.0 Å². The molecule has 3 aromatic rings. The molecule has 0 bridgehead atoms. The molecule has 6 rings (SSSR count). The Labute approximate surface area is 180 Å². The maximum atomic E-state index is 14.3. The molecule has 0 amide bonds. The van der Waals surface area contributed by atoms with Crippen molar-refractivity contribution in [3.8, 4) is 11.3 Å². The number of aliphatic hydroxyl groups is 2. The van der Waals surface area contributed by atoms with E-state index in [1.165, 1.54) is 22.8 Å². The fourth-order valence-electron chi connectivity index (χ4n) is 5.52. The number of aromatic nitrogens is 2. The Morgan fingerprint density at radius 1 is 1.25 bits per heavy atom. The van der Waals surface area contributed by atoms with Crippen LogP contribution in [0.4, 0.5) is 4.39 Å². The number of fused-ring (bicyclic) bond motifs is 5. The van der Waals surface area contributed by atoms with Gasteiger partial charge in [-0.1, -0.05) is 6.92 Å². The summed E-state index contributed by atoms with van der Waals surface area (Å²) in [5.74, 6) is -1.38. The molecule has 2 aromatic heterocycles. The number of ether oxygens (including phenoxy) is 1. The highest BCUT2D eigenvalue weighted by molar-refractivity contribution is 5.90. The zero-order chi connectivity index (χ0) is 22.5. The molecule has 0 radical (unpaired) electrons. The molecule has 32 heavy (non-hydrogen) atoms. The number of carbonyl (C=O) groups is 1. The quantitative estimate of drug-likeness (QED) is 0.453. The Morgan fingerprint density at radius 2 is 2.03 bits per heavy atom. The van der Waals surface area contributed by atoms with Crippen LogP contribution in [0.1, 0.15) is 41.8 Å². The van der Waals surface area contributed by atoms with Gasteiger partial charge in [0.1, 0.15) is 12.4 Å². The number of rotatable bonds is 2. The second-order valence-corrected chi connectivity index (χ2v) is 8.63. The molecule has 164 valence electrons. The lowest BCUT2D eigenvalue weighted by Gasteiger charge is -2.31. The van der Waals surface area contributed by atoms with Crippen molar-refractivity contribution in [3.05, 3.63) is 67.0 Å². The molecule has 0 aliphatic carbocycles. The molecule has 9 heteroatoms. The van der Waals surface area contributed by atoms with Gasteiger partial charge in [0.15, 0.2) is 11.0 Å². The van der Waals surface area contributed by atoms with E-state index >= 15 is 0 Å². The van der Waals surface area contributed by atoms with Gasteiger partial charge in [-0.25, -0.2) is 9.18 Å². The van der Waals surface area contributed by atoms with Gasteiger partial charge in [-0.3, -0.25) is 9.59 Å². The Hall–Kier alpha value is -3.30. The lowest BCUT2D eigenvalue weighted by atomic mass is 9.86. The van der Waals surface area contributed by atoms with Crippen molar-refractivity contribution < 1.29 is 24.1 Å².